The van der Waals surface area contributed by atoms with Gasteiger partial charge in [-0.25, -0.2) is 10.4 Å². The van der Waals surface area contributed by atoms with Crippen LogP contribution in [0.1, 0.15) is 28.5 Å². The SMILES string of the molecule is C/C(=N/NC(=O)c1csc(N2CCOCC2)n1)c1ccc(C#N)cc1. The highest BCUT2D eigenvalue weighted by Crippen LogP contribution is 2.21. The maximum atomic E-state index is 12.2. The van der Waals surface area contributed by atoms with E-state index in [1.807, 2.05) is 0 Å². The molecular formula is C17H17N5O2S. The van der Waals surface area contributed by atoms with E-state index in [0.717, 1.165) is 23.8 Å². The zero-order valence-electron chi connectivity index (χ0n) is 13.7. The Hall–Kier alpha value is -2.76. The van der Waals surface area contributed by atoms with Crippen molar-refractivity contribution in [3.63, 3.8) is 0 Å². The van der Waals surface area contributed by atoms with Crippen molar-refractivity contribution in [2.75, 3.05) is 31.2 Å². The van der Waals surface area contributed by atoms with E-state index in [9.17, 15) is 4.79 Å². The van der Waals surface area contributed by atoms with Crippen LogP contribution in [-0.2, 0) is 4.74 Å². The molecule has 3 rings (SSSR count). The number of nitrogens with one attached hydrogen (secondary N) is 1. The molecule has 7 nitrogen and oxygen atoms in total. The van der Waals surface area contributed by atoms with Crippen molar-refractivity contribution in [2.24, 2.45) is 5.10 Å². The van der Waals surface area contributed by atoms with Gasteiger partial charge in [0.1, 0.15) is 5.69 Å². The molecule has 1 saturated heterocycles. The van der Waals surface area contributed by atoms with E-state index in [1.165, 1.54) is 11.3 Å². The number of hydrogen-bond acceptors (Lipinski definition) is 7. The molecule has 1 aliphatic heterocycles. The van der Waals surface area contributed by atoms with Gasteiger partial charge in [-0.15, -0.1) is 11.3 Å². The van der Waals surface area contributed by atoms with Gasteiger partial charge in [-0.1, -0.05) is 12.1 Å². The van der Waals surface area contributed by atoms with Gasteiger partial charge in [0.15, 0.2) is 5.13 Å². The summed E-state index contributed by atoms with van der Waals surface area (Å²) in [4.78, 5) is 18.7. The first-order valence-electron chi connectivity index (χ1n) is 7.81. The Balaban J connectivity index is 1.63. The second-order valence-corrected chi connectivity index (χ2v) is 6.28. The third-order valence-corrected chi connectivity index (χ3v) is 4.66. The average Bonchev–Trinajstić information content (AvgIpc) is 3.17. The third kappa shape index (κ3) is 4.21. The summed E-state index contributed by atoms with van der Waals surface area (Å²) < 4.78 is 5.32. The lowest BCUT2D eigenvalue weighted by molar-refractivity contribution is 0.0950. The van der Waals surface area contributed by atoms with Gasteiger partial charge in [-0.2, -0.15) is 10.4 Å². The van der Waals surface area contributed by atoms with Gasteiger partial charge in [0, 0.05) is 18.5 Å². The summed E-state index contributed by atoms with van der Waals surface area (Å²) in [7, 11) is 0. The van der Waals surface area contributed by atoms with Crippen molar-refractivity contribution in [1.29, 1.82) is 5.26 Å². The summed E-state index contributed by atoms with van der Waals surface area (Å²) in [6, 6.07) is 9.08. The normalized spacial score (nSPS) is 14.9. The summed E-state index contributed by atoms with van der Waals surface area (Å²) in [5.41, 5.74) is 4.95. The Morgan fingerprint density at radius 2 is 2.08 bits per heavy atom. The summed E-state index contributed by atoms with van der Waals surface area (Å²) >= 11 is 1.44. The number of hydrazone groups is 1. The molecule has 0 radical (unpaired) electrons. The van der Waals surface area contributed by atoms with Crippen molar-refractivity contribution in [1.82, 2.24) is 10.4 Å². The van der Waals surface area contributed by atoms with E-state index >= 15 is 0 Å². The number of carbonyl (C=O) groups is 1. The average molecular weight is 355 g/mol. The fourth-order valence-electron chi connectivity index (χ4n) is 2.31. The topological polar surface area (TPSA) is 90.6 Å². The summed E-state index contributed by atoms with van der Waals surface area (Å²) in [5, 5.41) is 15.5. The molecule has 2 heterocycles. The molecule has 1 fully saturated rings. The maximum Gasteiger partial charge on any atom is 0.290 e. The molecule has 1 aliphatic rings. The predicted octanol–water partition coefficient (Wildman–Crippen LogP) is 2.01. The molecule has 0 aliphatic carbocycles. The molecular weight excluding hydrogens is 338 g/mol. The standard InChI is InChI=1S/C17H17N5O2S/c1-12(14-4-2-13(10-18)3-5-14)20-21-16(23)15-11-25-17(19-15)22-6-8-24-9-7-22/h2-5,11H,6-9H2,1H3,(H,21,23)/b20-12-. The van der Waals surface area contributed by atoms with E-state index in [1.54, 1.807) is 36.6 Å². The molecule has 2 aromatic rings. The van der Waals surface area contributed by atoms with Crippen LogP contribution < -0.4 is 10.3 Å². The summed E-state index contributed by atoms with van der Waals surface area (Å²) in [6.07, 6.45) is 0. The van der Waals surface area contributed by atoms with Crippen LogP contribution in [0.5, 0.6) is 0 Å². The molecule has 0 saturated carbocycles. The second-order valence-electron chi connectivity index (χ2n) is 5.44. The number of thiazole rings is 1. The number of benzene rings is 1. The highest BCUT2D eigenvalue weighted by atomic mass is 32.1. The Labute approximate surface area is 149 Å². The van der Waals surface area contributed by atoms with Crippen molar-refractivity contribution < 1.29 is 9.53 Å². The Bertz CT molecular complexity index is 816. The van der Waals surface area contributed by atoms with Gasteiger partial charge >= 0.3 is 0 Å². The lowest BCUT2D eigenvalue weighted by Gasteiger charge is -2.25. The van der Waals surface area contributed by atoms with Gasteiger partial charge in [0.2, 0.25) is 0 Å². The van der Waals surface area contributed by atoms with Crippen LogP contribution in [0, 0.1) is 11.3 Å². The monoisotopic (exact) mass is 355 g/mol. The van der Waals surface area contributed by atoms with Crippen LogP contribution in [0.2, 0.25) is 0 Å². The van der Waals surface area contributed by atoms with E-state index in [4.69, 9.17) is 10.00 Å². The first kappa shape index (κ1) is 17.1. The number of ether oxygens (including phenoxy) is 1. The molecule has 8 heteroatoms. The molecule has 0 bridgehead atoms. The minimum atomic E-state index is -0.344. The number of aromatic nitrogens is 1. The van der Waals surface area contributed by atoms with Gasteiger partial charge in [0.05, 0.1) is 30.6 Å². The number of rotatable bonds is 4. The highest BCUT2D eigenvalue weighted by molar-refractivity contribution is 7.13. The number of carbonyl (C=O) groups excluding carboxylic acids is 1. The Morgan fingerprint density at radius 1 is 1.36 bits per heavy atom. The lowest BCUT2D eigenvalue weighted by Crippen LogP contribution is -2.36. The van der Waals surface area contributed by atoms with E-state index in [0.29, 0.717) is 30.2 Å². The van der Waals surface area contributed by atoms with Crippen molar-refractivity contribution in [3.05, 3.63) is 46.5 Å². The lowest BCUT2D eigenvalue weighted by atomic mass is 10.1. The molecule has 1 amide bonds. The number of morpholine rings is 1. The second kappa shape index (κ2) is 7.88. The third-order valence-electron chi connectivity index (χ3n) is 3.76. The number of nitrogens with zero attached hydrogens (tertiary/aromatic N) is 4. The Kier molecular flexibility index (Phi) is 5.38. The molecule has 0 unspecified atom stereocenters. The van der Waals surface area contributed by atoms with E-state index in [-0.39, 0.29) is 5.91 Å². The van der Waals surface area contributed by atoms with Crippen LogP contribution >= 0.6 is 11.3 Å². The fraction of sp³-hybridized carbons (Fsp3) is 0.294. The van der Waals surface area contributed by atoms with E-state index < -0.39 is 0 Å². The summed E-state index contributed by atoms with van der Waals surface area (Å²) in [6.45, 7) is 4.71. The smallest absolute Gasteiger partial charge is 0.290 e. The van der Waals surface area contributed by atoms with E-state index in [2.05, 4.69) is 26.5 Å². The quantitative estimate of drug-likeness (QED) is 0.669. The molecule has 1 aromatic carbocycles. The minimum Gasteiger partial charge on any atom is -0.378 e. The minimum absolute atomic E-state index is 0.344. The number of anilines is 1. The van der Waals surface area contributed by atoms with Gasteiger partial charge in [-0.3, -0.25) is 4.79 Å². The maximum absolute atomic E-state index is 12.2. The first-order valence-corrected chi connectivity index (χ1v) is 8.69. The zero-order chi connectivity index (χ0) is 17.6. The number of amides is 1. The number of hydrogen-bond donors (Lipinski definition) is 1. The zero-order valence-corrected chi connectivity index (χ0v) is 14.5. The molecule has 0 spiro atoms. The molecule has 128 valence electrons. The molecule has 25 heavy (non-hydrogen) atoms. The van der Waals surface area contributed by atoms with Crippen LogP contribution in [0.4, 0.5) is 5.13 Å². The molecule has 0 atom stereocenters. The van der Waals surface area contributed by atoms with Crippen LogP contribution in [0.25, 0.3) is 0 Å². The Morgan fingerprint density at radius 3 is 2.76 bits per heavy atom. The predicted molar refractivity (Wildman–Crippen MR) is 96.0 cm³/mol. The fourth-order valence-corrected chi connectivity index (χ4v) is 3.17. The molecule has 1 aromatic heterocycles. The van der Waals surface area contributed by atoms with Crippen molar-refractivity contribution >= 4 is 28.1 Å². The van der Waals surface area contributed by atoms with Crippen LogP contribution in [0.15, 0.2) is 34.7 Å². The van der Waals surface area contributed by atoms with Crippen LogP contribution in [-0.4, -0.2) is 42.9 Å². The van der Waals surface area contributed by atoms with Crippen LogP contribution in [0.3, 0.4) is 0 Å². The van der Waals surface area contributed by atoms with Crippen molar-refractivity contribution in [3.8, 4) is 6.07 Å². The first-order chi connectivity index (χ1) is 12.2. The van der Waals surface area contributed by atoms with Gasteiger partial charge in [-0.05, 0) is 24.6 Å². The highest BCUT2D eigenvalue weighted by Gasteiger charge is 2.17. The van der Waals surface area contributed by atoms with Crippen molar-refractivity contribution in [2.45, 2.75) is 6.92 Å². The summed E-state index contributed by atoms with van der Waals surface area (Å²) in [5.74, 6) is -0.344. The largest absolute Gasteiger partial charge is 0.378 e. The van der Waals surface area contributed by atoms with Gasteiger partial charge < -0.3 is 9.64 Å². The van der Waals surface area contributed by atoms with Gasteiger partial charge in [0.25, 0.3) is 5.91 Å². The number of nitriles is 1. The molecule has 1 N–H and O–H groups in total.